The topological polar surface area (TPSA) is 75.8 Å². The highest BCUT2D eigenvalue weighted by molar-refractivity contribution is 5.90. The Hall–Kier alpha value is -3.74. The molecule has 0 amide bonds. The van der Waals surface area contributed by atoms with Gasteiger partial charge in [0.15, 0.2) is 5.76 Å². The van der Waals surface area contributed by atoms with Gasteiger partial charge < -0.3 is 14.3 Å². The summed E-state index contributed by atoms with van der Waals surface area (Å²) in [6.45, 7) is 3.76. The third-order valence-corrected chi connectivity index (χ3v) is 6.47. The lowest BCUT2D eigenvalue weighted by atomic mass is 10.0. The van der Waals surface area contributed by atoms with E-state index in [0.29, 0.717) is 24.7 Å². The number of nitrogens with zero attached hydrogens (tertiary/aromatic N) is 2. The third-order valence-electron chi connectivity index (χ3n) is 6.47. The van der Waals surface area contributed by atoms with Crippen LogP contribution in [0.15, 0.2) is 83.3 Å². The lowest BCUT2D eigenvalue weighted by molar-refractivity contribution is -0.0271. The van der Waals surface area contributed by atoms with Crippen molar-refractivity contribution in [2.45, 2.75) is 32.4 Å². The molecule has 1 heterocycles. The Bertz CT molecular complexity index is 1240. The van der Waals surface area contributed by atoms with Gasteiger partial charge in [0.1, 0.15) is 12.4 Å². The van der Waals surface area contributed by atoms with Crippen LogP contribution >= 0.6 is 0 Å². The van der Waals surface area contributed by atoms with Crippen LogP contribution in [0.1, 0.15) is 46.8 Å². The molecule has 0 saturated heterocycles. The van der Waals surface area contributed by atoms with Gasteiger partial charge in [-0.3, -0.25) is 4.90 Å². The second-order valence-electron chi connectivity index (χ2n) is 8.66. The molecule has 178 valence electrons. The van der Waals surface area contributed by atoms with Crippen molar-refractivity contribution in [3.05, 3.63) is 101 Å². The second kappa shape index (κ2) is 10.3. The molecule has 1 unspecified atom stereocenters. The molecule has 1 aromatic heterocycles. The molecule has 6 nitrogen and oxygen atoms in total. The first-order valence-corrected chi connectivity index (χ1v) is 11.9. The normalized spacial score (nSPS) is 14.9. The quantitative estimate of drug-likeness (QED) is 0.295. The minimum absolute atomic E-state index is 0.109. The molecule has 0 spiro atoms. The Balaban J connectivity index is 1.33. The number of ether oxygens (including phenoxy) is 1. The summed E-state index contributed by atoms with van der Waals surface area (Å²) in [5.74, 6) is 0.507. The average molecular weight is 469 g/mol. The van der Waals surface area contributed by atoms with Crippen molar-refractivity contribution < 1.29 is 19.1 Å². The summed E-state index contributed by atoms with van der Waals surface area (Å²) in [4.78, 5) is 18.5. The van der Waals surface area contributed by atoms with Crippen LogP contribution in [0.3, 0.4) is 0 Å². The molecule has 0 bridgehead atoms. The van der Waals surface area contributed by atoms with Crippen LogP contribution in [0.5, 0.6) is 0 Å². The van der Waals surface area contributed by atoms with Gasteiger partial charge in [0.25, 0.3) is 0 Å². The molecular formula is C29H28N2O4. The highest BCUT2D eigenvalue weighted by Gasteiger charge is 2.28. The van der Waals surface area contributed by atoms with Crippen molar-refractivity contribution in [3.63, 3.8) is 0 Å². The largest absolute Gasteiger partial charge is 0.478 e. The molecule has 4 aromatic rings. The van der Waals surface area contributed by atoms with Gasteiger partial charge in [0, 0.05) is 11.1 Å². The van der Waals surface area contributed by atoms with E-state index in [1.165, 1.54) is 0 Å². The monoisotopic (exact) mass is 468 g/mol. The second-order valence-corrected chi connectivity index (χ2v) is 8.66. The zero-order valence-corrected chi connectivity index (χ0v) is 19.7. The first-order valence-electron chi connectivity index (χ1n) is 11.9. The van der Waals surface area contributed by atoms with Gasteiger partial charge in [-0.1, -0.05) is 79.7 Å². The molecule has 3 aromatic carbocycles. The molecule has 5 rings (SSSR count). The van der Waals surface area contributed by atoms with E-state index in [4.69, 9.17) is 14.1 Å². The van der Waals surface area contributed by atoms with Crippen LogP contribution in [-0.2, 0) is 17.7 Å². The predicted octanol–water partition coefficient (Wildman–Crippen LogP) is 6.19. The SMILES string of the molecule is CCN(COC1CCc2c(C(=O)O)cccc21)Cc1nc(-c2ccccc2)c(-c2ccccc2)o1. The molecule has 1 aliphatic carbocycles. The summed E-state index contributed by atoms with van der Waals surface area (Å²) in [7, 11) is 0. The van der Waals surface area contributed by atoms with E-state index in [2.05, 4.69) is 11.8 Å². The molecular weight excluding hydrogens is 440 g/mol. The number of aromatic carboxylic acids is 1. The molecule has 0 radical (unpaired) electrons. The summed E-state index contributed by atoms with van der Waals surface area (Å²) < 4.78 is 12.5. The fourth-order valence-electron chi connectivity index (χ4n) is 4.63. The van der Waals surface area contributed by atoms with Crippen molar-refractivity contribution in [2.24, 2.45) is 0 Å². The zero-order valence-electron chi connectivity index (χ0n) is 19.7. The summed E-state index contributed by atoms with van der Waals surface area (Å²) in [6.07, 6.45) is 1.39. The molecule has 0 saturated carbocycles. The van der Waals surface area contributed by atoms with E-state index in [1.54, 1.807) is 12.1 Å². The maximum atomic E-state index is 11.6. The Morgan fingerprint density at radius 2 is 1.74 bits per heavy atom. The van der Waals surface area contributed by atoms with E-state index in [9.17, 15) is 9.90 Å². The lowest BCUT2D eigenvalue weighted by Gasteiger charge is -2.22. The lowest BCUT2D eigenvalue weighted by Crippen LogP contribution is -2.26. The Labute approximate surface area is 204 Å². The fourth-order valence-corrected chi connectivity index (χ4v) is 4.63. The van der Waals surface area contributed by atoms with Crippen molar-refractivity contribution in [1.82, 2.24) is 9.88 Å². The van der Waals surface area contributed by atoms with Gasteiger partial charge in [-0.05, 0) is 36.6 Å². The van der Waals surface area contributed by atoms with Crippen LogP contribution in [0, 0.1) is 0 Å². The molecule has 35 heavy (non-hydrogen) atoms. The first-order chi connectivity index (χ1) is 17.1. The highest BCUT2D eigenvalue weighted by atomic mass is 16.5. The predicted molar refractivity (Wildman–Crippen MR) is 134 cm³/mol. The fraction of sp³-hybridized carbons (Fsp3) is 0.241. The standard InChI is InChI=1S/C29H28N2O4/c1-2-31(19-34-25-17-16-22-23(25)14-9-15-24(22)29(32)33)18-26-30-27(20-10-5-3-6-11-20)28(35-26)21-12-7-4-8-13-21/h3-15,25H,2,16-19H2,1H3,(H,32,33). The first kappa shape index (κ1) is 23.0. The molecule has 1 N–H and O–H groups in total. The summed E-state index contributed by atoms with van der Waals surface area (Å²) >= 11 is 0. The summed E-state index contributed by atoms with van der Waals surface area (Å²) in [5.41, 5.74) is 5.08. The number of carboxylic acid groups (broad SMARTS) is 1. The zero-order chi connectivity index (χ0) is 24.2. The van der Waals surface area contributed by atoms with Crippen LogP contribution < -0.4 is 0 Å². The maximum absolute atomic E-state index is 11.6. The number of fused-ring (bicyclic) bond motifs is 1. The number of benzene rings is 3. The Morgan fingerprint density at radius 1 is 1.03 bits per heavy atom. The number of carbonyl (C=O) groups is 1. The van der Waals surface area contributed by atoms with Crippen LogP contribution in [0.25, 0.3) is 22.6 Å². The van der Waals surface area contributed by atoms with E-state index < -0.39 is 5.97 Å². The van der Waals surface area contributed by atoms with Crippen molar-refractivity contribution in [2.75, 3.05) is 13.3 Å². The van der Waals surface area contributed by atoms with Crippen molar-refractivity contribution >= 4 is 5.97 Å². The molecule has 0 fully saturated rings. The van der Waals surface area contributed by atoms with Gasteiger partial charge >= 0.3 is 5.97 Å². The maximum Gasteiger partial charge on any atom is 0.335 e. The number of aromatic nitrogens is 1. The van der Waals surface area contributed by atoms with Crippen LogP contribution in [-0.4, -0.2) is 34.2 Å². The smallest absolute Gasteiger partial charge is 0.335 e. The Morgan fingerprint density at radius 3 is 2.43 bits per heavy atom. The molecule has 6 heteroatoms. The van der Waals surface area contributed by atoms with Gasteiger partial charge in [-0.25, -0.2) is 9.78 Å². The van der Waals surface area contributed by atoms with Gasteiger partial charge in [0.2, 0.25) is 5.89 Å². The highest BCUT2D eigenvalue weighted by Crippen LogP contribution is 2.36. The number of hydrogen-bond acceptors (Lipinski definition) is 5. The number of carboxylic acids is 1. The van der Waals surface area contributed by atoms with Crippen molar-refractivity contribution in [3.8, 4) is 22.6 Å². The van der Waals surface area contributed by atoms with E-state index in [0.717, 1.165) is 53.1 Å². The van der Waals surface area contributed by atoms with Gasteiger partial charge in [0.05, 0.1) is 18.2 Å². The van der Waals surface area contributed by atoms with E-state index >= 15 is 0 Å². The van der Waals surface area contributed by atoms with E-state index in [-0.39, 0.29) is 6.10 Å². The Kier molecular flexibility index (Phi) is 6.75. The van der Waals surface area contributed by atoms with Gasteiger partial charge in [-0.2, -0.15) is 0 Å². The molecule has 1 atom stereocenters. The summed E-state index contributed by atoms with van der Waals surface area (Å²) in [5, 5.41) is 9.48. The van der Waals surface area contributed by atoms with E-state index in [1.807, 2.05) is 66.7 Å². The number of rotatable bonds is 9. The van der Waals surface area contributed by atoms with Crippen LogP contribution in [0.4, 0.5) is 0 Å². The summed E-state index contributed by atoms with van der Waals surface area (Å²) in [6, 6.07) is 25.5. The van der Waals surface area contributed by atoms with Crippen LogP contribution in [0.2, 0.25) is 0 Å². The minimum atomic E-state index is -0.884. The molecule has 1 aliphatic rings. The average Bonchev–Trinajstić information content (AvgIpc) is 3.51. The number of oxazole rings is 1. The molecule has 0 aliphatic heterocycles. The number of hydrogen-bond donors (Lipinski definition) is 1. The van der Waals surface area contributed by atoms with Crippen molar-refractivity contribution in [1.29, 1.82) is 0 Å². The minimum Gasteiger partial charge on any atom is -0.478 e. The van der Waals surface area contributed by atoms with Gasteiger partial charge in [-0.15, -0.1) is 0 Å². The third kappa shape index (κ3) is 4.90.